The van der Waals surface area contributed by atoms with Crippen LogP contribution in [-0.4, -0.2) is 21.1 Å². The number of H-pyrrole nitrogens is 1. The molecule has 0 aliphatic rings. The molecule has 0 aliphatic carbocycles. The highest BCUT2D eigenvalue weighted by Gasteiger charge is 2.10. The van der Waals surface area contributed by atoms with E-state index in [1.54, 1.807) is 12.1 Å². The highest BCUT2D eigenvalue weighted by Crippen LogP contribution is 2.20. The third kappa shape index (κ3) is 2.85. The molecule has 0 fully saturated rings. The molecule has 2 aromatic carbocycles. The van der Waals surface area contributed by atoms with Crippen molar-refractivity contribution in [3.63, 3.8) is 0 Å². The maximum atomic E-state index is 13.1. The van der Waals surface area contributed by atoms with Crippen molar-refractivity contribution in [2.75, 3.05) is 0 Å². The molecule has 0 unspecified atom stereocenters. The van der Waals surface area contributed by atoms with Gasteiger partial charge in [-0.05, 0) is 42.0 Å². The number of hydrogen-bond donors (Lipinski definition) is 4. The second-order valence-electron chi connectivity index (χ2n) is 4.95. The van der Waals surface area contributed by atoms with E-state index in [1.807, 2.05) is 0 Å². The molecule has 0 atom stereocenters. The van der Waals surface area contributed by atoms with Crippen LogP contribution in [0.25, 0.3) is 10.9 Å². The molecule has 0 aliphatic heterocycles. The first-order valence-electron chi connectivity index (χ1n) is 6.59. The zero-order valence-corrected chi connectivity index (χ0v) is 11.4. The van der Waals surface area contributed by atoms with Crippen LogP contribution >= 0.6 is 0 Å². The number of nitrogens with one attached hydrogen (secondary N) is 2. The fraction of sp³-hybridized carbons (Fsp3) is 0.0625. The lowest BCUT2D eigenvalue weighted by Gasteiger charge is -2.05. The standard InChI is InChI=1S/C16H13FN2O3/c17-11-1-2-14-10(5-11)6-15(19-14)16(22)18-8-9-3-12(20)7-13(21)4-9/h1-7,19-21H,8H2,(H,18,22). The summed E-state index contributed by atoms with van der Waals surface area (Å²) >= 11 is 0. The van der Waals surface area contributed by atoms with Gasteiger partial charge in [0.15, 0.2) is 0 Å². The number of aromatic nitrogens is 1. The van der Waals surface area contributed by atoms with Gasteiger partial charge in [-0.25, -0.2) is 4.39 Å². The van der Waals surface area contributed by atoms with E-state index < -0.39 is 0 Å². The zero-order chi connectivity index (χ0) is 15.7. The van der Waals surface area contributed by atoms with Crippen molar-refractivity contribution in [1.82, 2.24) is 10.3 Å². The van der Waals surface area contributed by atoms with Crippen LogP contribution in [-0.2, 0) is 6.54 Å². The molecule has 3 aromatic rings. The Hall–Kier alpha value is -3.02. The van der Waals surface area contributed by atoms with Crippen LogP contribution in [0.3, 0.4) is 0 Å². The molecule has 4 N–H and O–H groups in total. The maximum Gasteiger partial charge on any atom is 0.267 e. The highest BCUT2D eigenvalue weighted by atomic mass is 19.1. The Balaban J connectivity index is 1.75. The molecule has 0 saturated carbocycles. The number of carbonyl (C=O) groups is 1. The first kappa shape index (κ1) is 13.9. The monoisotopic (exact) mass is 300 g/mol. The number of carbonyl (C=O) groups excluding carboxylic acids is 1. The van der Waals surface area contributed by atoms with Gasteiger partial charge >= 0.3 is 0 Å². The number of aromatic hydroxyl groups is 2. The number of aromatic amines is 1. The highest BCUT2D eigenvalue weighted by molar-refractivity contribution is 5.97. The lowest BCUT2D eigenvalue weighted by atomic mass is 10.2. The van der Waals surface area contributed by atoms with Gasteiger partial charge in [-0.3, -0.25) is 4.79 Å². The average Bonchev–Trinajstić information content (AvgIpc) is 2.86. The number of hydrogen-bond acceptors (Lipinski definition) is 3. The lowest BCUT2D eigenvalue weighted by molar-refractivity contribution is 0.0946. The van der Waals surface area contributed by atoms with Gasteiger partial charge in [0.1, 0.15) is 23.0 Å². The van der Waals surface area contributed by atoms with Gasteiger partial charge in [0, 0.05) is 23.5 Å². The summed E-state index contributed by atoms with van der Waals surface area (Å²) in [4.78, 5) is 15.0. The Morgan fingerprint density at radius 3 is 2.55 bits per heavy atom. The van der Waals surface area contributed by atoms with Gasteiger partial charge < -0.3 is 20.5 Å². The van der Waals surface area contributed by atoms with Crippen LogP contribution in [0, 0.1) is 5.82 Å². The van der Waals surface area contributed by atoms with Crippen LogP contribution in [0.4, 0.5) is 4.39 Å². The van der Waals surface area contributed by atoms with Crippen molar-refractivity contribution in [1.29, 1.82) is 0 Å². The molecular weight excluding hydrogens is 287 g/mol. The van der Waals surface area contributed by atoms with Crippen molar-refractivity contribution in [3.05, 3.63) is 59.5 Å². The molecule has 0 saturated heterocycles. The van der Waals surface area contributed by atoms with Crippen LogP contribution in [0.2, 0.25) is 0 Å². The molecule has 0 bridgehead atoms. The van der Waals surface area contributed by atoms with Gasteiger partial charge in [0.05, 0.1) is 0 Å². The van der Waals surface area contributed by atoms with E-state index >= 15 is 0 Å². The number of phenols is 2. The minimum Gasteiger partial charge on any atom is -0.508 e. The number of fused-ring (bicyclic) bond motifs is 1. The largest absolute Gasteiger partial charge is 0.508 e. The maximum absolute atomic E-state index is 13.1. The SMILES string of the molecule is O=C(NCc1cc(O)cc(O)c1)c1cc2cc(F)ccc2[nH]1. The normalized spacial score (nSPS) is 10.8. The predicted molar refractivity (Wildman–Crippen MR) is 79.2 cm³/mol. The second kappa shape index (κ2) is 5.40. The van der Waals surface area contributed by atoms with Gasteiger partial charge in [-0.2, -0.15) is 0 Å². The molecule has 3 rings (SSSR count). The first-order valence-corrected chi connectivity index (χ1v) is 6.59. The van der Waals surface area contributed by atoms with Crippen molar-refractivity contribution < 1.29 is 19.4 Å². The van der Waals surface area contributed by atoms with Gasteiger partial charge in [-0.1, -0.05) is 0 Å². The quantitative estimate of drug-likeness (QED) is 0.600. The number of halogens is 1. The first-order chi connectivity index (χ1) is 10.5. The lowest BCUT2D eigenvalue weighted by Crippen LogP contribution is -2.23. The fourth-order valence-corrected chi connectivity index (χ4v) is 2.26. The smallest absolute Gasteiger partial charge is 0.267 e. The molecular formula is C16H13FN2O3. The van der Waals surface area contributed by atoms with Crippen molar-refractivity contribution in [3.8, 4) is 11.5 Å². The third-order valence-corrected chi connectivity index (χ3v) is 3.24. The average molecular weight is 300 g/mol. The van der Waals surface area contributed by atoms with E-state index in [0.29, 0.717) is 22.2 Å². The van der Waals surface area contributed by atoms with E-state index in [-0.39, 0.29) is 29.8 Å². The van der Waals surface area contributed by atoms with E-state index in [2.05, 4.69) is 10.3 Å². The predicted octanol–water partition coefficient (Wildman–Crippen LogP) is 2.65. The van der Waals surface area contributed by atoms with Crippen LogP contribution in [0.5, 0.6) is 11.5 Å². The van der Waals surface area contributed by atoms with Gasteiger partial charge in [0.25, 0.3) is 5.91 Å². The number of rotatable bonds is 3. The van der Waals surface area contributed by atoms with Crippen molar-refractivity contribution >= 4 is 16.8 Å². The van der Waals surface area contributed by atoms with Crippen LogP contribution in [0.1, 0.15) is 16.1 Å². The summed E-state index contributed by atoms with van der Waals surface area (Å²) in [5, 5.41) is 22.0. The molecule has 1 amide bonds. The van der Waals surface area contributed by atoms with E-state index in [1.165, 1.54) is 30.3 Å². The molecule has 6 heteroatoms. The molecule has 0 radical (unpaired) electrons. The summed E-state index contributed by atoms with van der Waals surface area (Å²) in [6, 6.07) is 9.88. The summed E-state index contributed by atoms with van der Waals surface area (Å²) in [5.74, 6) is -0.885. The Labute approximate surface area is 125 Å². The second-order valence-corrected chi connectivity index (χ2v) is 4.95. The van der Waals surface area contributed by atoms with Crippen molar-refractivity contribution in [2.45, 2.75) is 6.54 Å². The molecule has 0 spiro atoms. The zero-order valence-electron chi connectivity index (χ0n) is 11.4. The summed E-state index contributed by atoms with van der Waals surface area (Å²) in [6.07, 6.45) is 0. The third-order valence-electron chi connectivity index (χ3n) is 3.24. The van der Waals surface area contributed by atoms with Gasteiger partial charge in [0.2, 0.25) is 0 Å². The van der Waals surface area contributed by atoms with E-state index in [4.69, 9.17) is 0 Å². The molecule has 112 valence electrons. The summed E-state index contributed by atoms with van der Waals surface area (Å²) in [7, 11) is 0. The Bertz CT molecular complexity index is 837. The summed E-state index contributed by atoms with van der Waals surface area (Å²) < 4.78 is 13.1. The number of amides is 1. The molecule has 22 heavy (non-hydrogen) atoms. The topological polar surface area (TPSA) is 85.3 Å². The minimum absolute atomic E-state index is 0.0784. The van der Waals surface area contributed by atoms with Gasteiger partial charge in [-0.15, -0.1) is 0 Å². The Kier molecular flexibility index (Phi) is 3.42. The Morgan fingerprint density at radius 2 is 1.82 bits per heavy atom. The Morgan fingerprint density at radius 1 is 1.09 bits per heavy atom. The number of benzene rings is 2. The van der Waals surface area contributed by atoms with Crippen LogP contribution in [0.15, 0.2) is 42.5 Å². The fourth-order valence-electron chi connectivity index (χ4n) is 2.26. The molecule has 5 nitrogen and oxygen atoms in total. The molecule has 1 heterocycles. The van der Waals surface area contributed by atoms with E-state index in [9.17, 15) is 19.4 Å². The van der Waals surface area contributed by atoms with Crippen molar-refractivity contribution in [2.24, 2.45) is 0 Å². The summed E-state index contributed by atoms with van der Waals surface area (Å²) in [5.41, 5.74) is 1.54. The van der Waals surface area contributed by atoms with E-state index in [0.717, 1.165) is 0 Å². The number of phenolic OH excluding ortho intramolecular Hbond substituents is 2. The van der Waals surface area contributed by atoms with Crippen LogP contribution < -0.4 is 5.32 Å². The summed E-state index contributed by atoms with van der Waals surface area (Å²) in [6.45, 7) is 0.143. The minimum atomic E-state index is -0.367. The molecule has 1 aromatic heterocycles.